The van der Waals surface area contributed by atoms with Gasteiger partial charge in [0.15, 0.2) is 0 Å². The summed E-state index contributed by atoms with van der Waals surface area (Å²) in [5.41, 5.74) is 3.15. The van der Waals surface area contributed by atoms with Crippen LogP contribution >= 0.6 is 0 Å². The van der Waals surface area contributed by atoms with Crippen molar-refractivity contribution in [2.24, 2.45) is 0 Å². The molecular weight excluding hydrogens is 228 g/mol. The van der Waals surface area contributed by atoms with Gasteiger partial charge in [0.2, 0.25) is 5.95 Å². The zero-order chi connectivity index (χ0) is 12.4. The van der Waals surface area contributed by atoms with Crippen molar-refractivity contribution in [2.45, 2.75) is 13.1 Å². The number of nitrogens with zero attached hydrogens (tertiary/aromatic N) is 2. The fourth-order valence-corrected chi connectivity index (χ4v) is 1.95. The van der Waals surface area contributed by atoms with Crippen molar-refractivity contribution in [3.63, 3.8) is 0 Å². The second kappa shape index (κ2) is 4.62. The molecule has 0 atom stereocenters. The summed E-state index contributed by atoms with van der Waals surface area (Å²) in [6.07, 6.45) is 1.87. The number of methoxy groups -OCH3 is 1. The number of aromatic nitrogens is 2. The van der Waals surface area contributed by atoms with Gasteiger partial charge in [-0.25, -0.2) is 9.97 Å². The monoisotopic (exact) mass is 242 g/mol. The van der Waals surface area contributed by atoms with Crippen molar-refractivity contribution in [1.29, 1.82) is 0 Å². The summed E-state index contributed by atoms with van der Waals surface area (Å²) in [7, 11) is 1.65. The Kier molecular flexibility index (Phi) is 2.82. The quantitative estimate of drug-likeness (QED) is 0.860. The second-order valence-corrected chi connectivity index (χ2v) is 4.13. The highest BCUT2D eigenvalue weighted by atomic mass is 16.5. The minimum Gasteiger partial charge on any atom is -0.497 e. The lowest BCUT2D eigenvalue weighted by molar-refractivity contribution is 0.415. The van der Waals surface area contributed by atoms with Crippen LogP contribution in [-0.4, -0.2) is 17.1 Å². The molecule has 0 aliphatic carbocycles. The fourth-order valence-electron chi connectivity index (χ4n) is 1.95. The van der Waals surface area contributed by atoms with Gasteiger partial charge in [-0.3, -0.25) is 0 Å². The minimum absolute atomic E-state index is 0.616. The Balaban J connectivity index is 1.83. The maximum atomic E-state index is 5.18. The van der Waals surface area contributed by atoms with E-state index in [2.05, 4.69) is 20.6 Å². The molecule has 2 N–H and O–H groups in total. The zero-order valence-electron chi connectivity index (χ0n) is 10.1. The van der Waals surface area contributed by atoms with Gasteiger partial charge in [0.05, 0.1) is 12.8 Å². The van der Waals surface area contributed by atoms with Gasteiger partial charge in [-0.05, 0) is 12.1 Å². The van der Waals surface area contributed by atoms with Crippen molar-refractivity contribution >= 4 is 11.6 Å². The van der Waals surface area contributed by atoms with E-state index in [1.165, 1.54) is 5.56 Å². The molecule has 0 fully saturated rings. The summed E-state index contributed by atoms with van der Waals surface area (Å²) in [4.78, 5) is 8.78. The van der Waals surface area contributed by atoms with Crippen molar-refractivity contribution in [2.75, 3.05) is 12.4 Å². The number of hydrogen-bond acceptors (Lipinski definition) is 5. The summed E-state index contributed by atoms with van der Waals surface area (Å²) in [5, 5.41) is 6.43. The third-order valence-electron chi connectivity index (χ3n) is 2.89. The molecule has 92 valence electrons. The van der Waals surface area contributed by atoms with Gasteiger partial charge in [-0.15, -0.1) is 0 Å². The average molecular weight is 242 g/mol. The Labute approximate surface area is 105 Å². The number of benzene rings is 1. The molecule has 0 unspecified atom stereocenters. The summed E-state index contributed by atoms with van der Waals surface area (Å²) < 4.78 is 5.18. The molecule has 0 saturated heterocycles. The number of nitrogens with one attached hydrogen (secondary N) is 2. The van der Waals surface area contributed by atoms with Gasteiger partial charge < -0.3 is 15.4 Å². The second-order valence-electron chi connectivity index (χ2n) is 4.13. The van der Waals surface area contributed by atoms with Gasteiger partial charge in [0, 0.05) is 36.6 Å². The number of hydrogen-bond donors (Lipinski definition) is 2. The van der Waals surface area contributed by atoms with E-state index in [1.54, 1.807) is 7.11 Å². The Morgan fingerprint density at radius 3 is 3.17 bits per heavy atom. The molecule has 0 radical (unpaired) electrons. The van der Waals surface area contributed by atoms with E-state index in [0.717, 1.165) is 30.2 Å². The molecule has 1 aliphatic heterocycles. The van der Waals surface area contributed by atoms with Crippen molar-refractivity contribution < 1.29 is 4.74 Å². The molecule has 5 nitrogen and oxygen atoms in total. The normalized spacial score (nSPS) is 13.2. The van der Waals surface area contributed by atoms with Gasteiger partial charge in [-0.1, -0.05) is 6.07 Å². The van der Waals surface area contributed by atoms with Crippen LogP contribution in [0.3, 0.4) is 0 Å². The third kappa shape index (κ3) is 2.12. The van der Waals surface area contributed by atoms with Crippen LogP contribution in [0.5, 0.6) is 5.75 Å². The predicted octanol–water partition coefficient (Wildman–Crippen LogP) is 1.83. The first kappa shape index (κ1) is 11.0. The first-order valence-corrected chi connectivity index (χ1v) is 5.82. The van der Waals surface area contributed by atoms with E-state index >= 15 is 0 Å². The van der Waals surface area contributed by atoms with Crippen molar-refractivity contribution in [3.05, 3.63) is 41.7 Å². The molecule has 1 aromatic carbocycles. The predicted molar refractivity (Wildman–Crippen MR) is 68.9 cm³/mol. The van der Waals surface area contributed by atoms with E-state index in [1.807, 2.05) is 30.5 Å². The van der Waals surface area contributed by atoms with Crippen molar-refractivity contribution in [1.82, 2.24) is 15.3 Å². The van der Waals surface area contributed by atoms with Crippen LogP contribution in [0.4, 0.5) is 11.6 Å². The Bertz CT molecular complexity index is 571. The molecule has 1 aliphatic rings. The first-order valence-electron chi connectivity index (χ1n) is 5.82. The lowest BCUT2D eigenvalue weighted by atomic mass is 10.3. The van der Waals surface area contributed by atoms with E-state index in [4.69, 9.17) is 4.74 Å². The van der Waals surface area contributed by atoms with Gasteiger partial charge in [0.25, 0.3) is 0 Å². The lowest BCUT2D eigenvalue weighted by Crippen LogP contribution is -2.01. The van der Waals surface area contributed by atoms with Crippen LogP contribution in [0.25, 0.3) is 0 Å². The first-order chi connectivity index (χ1) is 8.85. The zero-order valence-corrected chi connectivity index (χ0v) is 10.1. The van der Waals surface area contributed by atoms with Crippen LogP contribution in [-0.2, 0) is 13.1 Å². The number of fused-ring (bicyclic) bond motifs is 1. The molecule has 18 heavy (non-hydrogen) atoms. The Morgan fingerprint density at radius 1 is 1.33 bits per heavy atom. The van der Waals surface area contributed by atoms with E-state index in [0.29, 0.717) is 5.95 Å². The average Bonchev–Trinajstić information content (AvgIpc) is 2.86. The smallest absolute Gasteiger partial charge is 0.227 e. The van der Waals surface area contributed by atoms with Crippen LogP contribution in [0.15, 0.2) is 30.5 Å². The molecule has 2 aromatic rings. The summed E-state index contributed by atoms with van der Waals surface area (Å²) in [5.74, 6) is 1.42. The van der Waals surface area contributed by atoms with E-state index in [-0.39, 0.29) is 0 Å². The highest BCUT2D eigenvalue weighted by Crippen LogP contribution is 2.20. The highest BCUT2D eigenvalue weighted by Gasteiger charge is 2.12. The summed E-state index contributed by atoms with van der Waals surface area (Å²) in [6.45, 7) is 1.67. The maximum Gasteiger partial charge on any atom is 0.227 e. The molecular formula is C13H14N4O. The van der Waals surface area contributed by atoms with Gasteiger partial charge in [0.1, 0.15) is 5.75 Å². The Hall–Kier alpha value is -2.14. The third-order valence-corrected chi connectivity index (χ3v) is 2.89. The van der Waals surface area contributed by atoms with Gasteiger partial charge in [-0.2, -0.15) is 0 Å². The molecule has 0 spiro atoms. The molecule has 1 aromatic heterocycles. The minimum atomic E-state index is 0.616. The van der Waals surface area contributed by atoms with Crippen LogP contribution < -0.4 is 15.4 Å². The van der Waals surface area contributed by atoms with Gasteiger partial charge >= 0.3 is 0 Å². The molecule has 5 heteroatoms. The standard InChI is InChI=1S/C13H14N4O/c1-18-11-4-2-3-10(5-11)16-13-15-7-9-6-14-8-12(9)17-13/h2-5,7,14H,6,8H2,1H3,(H,15,16,17). The fraction of sp³-hybridized carbons (Fsp3) is 0.231. The number of ether oxygens (including phenoxy) is 1. The SMILES string of the molecule is COc1cccc(Nc2ncc3c(n2)CNC3)c1. The van der Waals surface area contributed by atoms with Crippen LogP contribution in [0, 0.1) is 0 Å². The highest BCUT2D eigenvalue weighted by molar-refractivity contribution is 5.56. The molecule has 0 amide bonds. The van der Waals surface area contributed by atoms with E-state index < -0.39 is 0 Å². The molecule has 0 saturated carbocycles. The number of rotatable bonds is 3. The molecule has 2 heterocycles. The number of anilines is 2. The Morgan fingerprint density at radius 2 is 2.28 bits per heavy atom. The topological polar surface area (TPSA) is 59.1 Å². The van der Waals surface area contributed by atoms with Crippen LogP contribution in [0.2, 0.25) is 0 Å². The van der Waals surface area contributed by atoms with Crippen molar-refractivity contribution in [3.8, 4) is 5.75 Å². The maximum absolute atomic E-state index is 5.18. The van der Waals surface area contributed by atoms with Crippen LogP contribution in [0.1, 0.15) is 11.3 Å². The lowest BCUT2D eigenvalue weighted by Gasteiger charge is -2.07. The largest absolute Gasteiger partial charge is 0.497 e. The summed E-state index contributed by atoms with van der Waals surface area (Å²) >= 11 is 0. The van der Waals surface area contributed by atoms with E-state index in [9.17, 15) is 0 Å². The summed E-state index contributed by atoms with van der Waals surface area (Å²) in [6, 6.07) is 7.70. The molecule has 3 rings (SSSR count). The molecule has 0 bridgehead atoms.